The molecule has 1 aromatic carbocycles. The minimum atomic E-state index is -1.95. The van der Waals surface area contributed by atoms with E-state index in [1.165, 1.54) is 0 Å². The zero-order chi connectivity index (χ0) is 23.7. The lowest BCUT2D eigenvalue weighted by molar-refractivity contribution is -0.155. The fourth-order valence-electron chi connectivity index (χ4n) is 6.06. The Balaban J connectivity index is 1.78. The van der Waals surface area contributed by atoms with Crippen molar-refractivity contribution in [3.63, 3.8) is 0 Å². The lowest BCUT2D eigenvalue weighted by Crippen LogP contribution is -2.51. The molecule has 0 spiro atoms. The Bertz CT molecular complexity index is 736. The van der Waals surface area contributed by atoms with Gasteiger partial charge in [-0.1, -0.05) is 78.5 Å². The zero-order valence-corrected chi connectivity index (χ0v) is 22.4. The quantitative estimate of drug-likeness (QED) is 0.298. The van der Waals surface area contributed by atoms with Gasteiger partial charge in [0.2, 0.25) is 0 Å². The summed E-state index contributed by atoms with van der Waals surface area (Å²) in [5, 5.41) is 0. The van der Waals surface area contributed by atoms with Gasteiger partial charge in [-0.25, -0.2) is 0 Å². The molecule has 0 aromatic heterocycles. The third-order valence-electron chi connectivity index (χ3n) is 7.44. The van der Waals surface area contributed by atoms with E-state index in [1.807, 2.05) is 32.0 Å². The Labute approximate surface area is 196 Å². The molecule has 1 heterocycles. The Morgan fingerprint density at radius 1 is 1.00 bits per heavy atom. The van der Waals surface area contributed by atoms with Crippen molar-refractivity contribution in [2.75, 3.05) is 6.61 Å². The molecule has 4 nitrogen and oxygen atoms in total. The molecular weight excluding hydrogens is 416 g/mol. The fourth-order valence-corrected chi connectivity index (χ4v) is 11.5. The van der Waals surface area contributed by atoms with Gasteiger partial charge in [0, 0.05) is 12.5 Å². The third-order valence-corrected chi connectivity index (χ3v) is 13.5. The van der Waals surface area contributed by atoms with E-state index >= 15 is 0 Å². The lowest BCUT2D eigenvalue weighted by Gasteiger charge is -2.45. The molecule has 5 heteroatoms. The molecular formula is C27H44O4Si. The largest absolute Gasteiger partial charge is 0.415 e. The van der Waals surface area contributed by atoms with Crippen LogP contribution in [0.3, 0.4) is 0 Å². The maximum atomic E-state index is 6.96. The highest BCUT2D eigenvalue weighted by Crippen LogP contribution is 2.46. The van der Waals surface area contributed by atoms with E-state index in [9.17, 15) is 0 Å². The summed E-state index contributed by atoms with van der Waals surface area (Å²) in [5.41, 5.74) is 3.91. The van der Waals surface area contributed by atoms with Crippen LogP contribution in [0.15, 0.2) is 42.5 Å². The maximum absolute atomic E-state index is 6.96. The summed E-state index contributed by atoms with van der Waals surface area (Å²) < 4.78 is 26.0. The first kappa shape index (κ1) is 25.6. The Hall–Kier alpha value is -0.983. The minimum Gasteiger partial charge on any atom is -0.415 e. The van der Waals surface area contributed by atoms with E-state index in [0.29, 0.717) is 29.8 Å². The minimum absolute atomic E-state index is 0.00177. The molecule has 1 saturated carbocycles. The van der Waals surface area contributed by atoms with E-state index < -0.39 is 14.1 Å². The molecule has 0 N–H and O–H groups in total. The van der Waals surface area contributed by atoms with Crippen LogP contribution in [-0.4, -0.2) is 39.0 Å². The average Bonchev–Trinajstić information content (AvgIpc) is 3.01. The van der Waals surface area contributed by atoms with Crippen molar-refractivity contribution in [2.45, 2.75) is 109 Å². The van der Waals surface area contributed by atoms with Crippen molar-refractivity contribution in [3.05, 3.63) is 48.0 Å². The van der Waals surface area contributed by atoms with Crippen molar-refractivity contribution in [3.8, 4) is 0 Å². The lowest BCUT2D eigenvalue weighted by atomic mass is 9.80. The van der Waals surface area contributed by atoms with Crippen LogP contribution in [0.1, 0.15) is 67.4 Å². The Morgan fingerprint density at radius 3 is 2.16 bits per heavy atom. The summed E-state index contributed by atoms with van der Waals surface area (Å²) in [7, 11) is -1.95. The predicted molar refractivity (Wildman–Crippen MR) is 133 cm³/mol. The van der Waals surface area contributed by atoms with Gasteiger partial charge in [0.1, 0.15) is 12.2 Å². The number of hydrogen-bond acceptors (Lipinski definition) is 4. The molecule has 2 fully saturated rings. The van der Waals surface area contributed by atoms with Gasteiger partial charge in [0.15, 0.2) is 14.1 Å². The number of fused-ring (bicyclic) bond motifs is 1. The van der Waals surface area contributed by atoms with Crippen molar-refractivity contribution >= 4 is 8.32 Å². The van der Waals surface area contributed by atoms with Crippen LogP contribution >= 0.6 is 0 Å². The Kier molecular flexibility index (Phi) is 8.09. The third kappa shape index (κ3) is 5.23. The molecule has 1 aliphatic carbocycles. The van der Waals surface area contributed by atoms with E-state index in [-0.39, 0.29) is 24.2 Å². The van der Waals surface area contributed by atoms with E-state index in [2.05, 4.69) is 60.3 Å². The normalized spacial score (nSPS) is 28.0. The van der Waals surface area contributed by atoms with Gasteiger partial charge in [-0.05, 0) is 48.0 Å². The first-order valence-electron chi connectivity index (χ1n) is 12.3. The summed E-state index contributed by atoms with van der Waals surface area (Å²) in [6, 6.07) is 10.3. The SMILES string of the molecule is C=C1[C@@H](CO[Si](C(C)C)(C(C)C)C(C)C)C[C@@H]2OC(C)(C)O[C@@H]2[C@H]1OCc1ccccc1. The summed E-state index contributed by atoms with van der Waals surface area (Å²) >= 11 is 0. The smallest absolute Gasteiger partial charge is 0.200 e. The topological polar surface area (TPSA) is 36.9 Å². The summed E-state index contributed by atoms with van der Waals surface area (Å²) in [6.07, 6.45) is 0.548. The molecule has 32 heavy (non-hydrogen) atoms. The van der Waals surface area contributed by atoms with Crippen LogP contribution in [0.2, 0.25) is 16.6 Å². The molecule has 180 valence electrons. The van der Waals surface area contributed by atoms with Crippen LogP contribution in [0.5, 0.6) is 0 Å². The molecule has 1 saturated heterocycles. The number of rotatable bonds is 9. The van der Waals surface area contributed by atoms with Gasteiger partial charge in [0.05, 0.1) is 12.7 Å². The highest BCUT2D eigenvalue weighted by molar-refractivity contribution is 6.77. The fraction of sp³-hybridized carbons (Fsp3) is 0.704. The number of ether oxygens (including phenoxy) is 3. The monoisotopic (exact) mass is 460 g/mol. The predicted octanol–water partition coefficient (Wildman–Crippen LogP) is 6.86. The Morgan fingerprint density at radius 2 is 1.59 bits per heavy atom. The summed E-state index contributed by atoms with van der Waals surface area (Å²) in [6.45, 7) is 23.7. The molecule has 0 unspecified atom stereocenters. The van der Waals surface area contributed by atoms with Crippen molar-refractivity contribution in [1.29, 1.82) is 0 Å². The molecule has 0 bridgehead atoms. The van der Waals surface area contributed by atoms with Gasteiger partial charge in [0.25, 0.3) is 0 Å². The van der Waals surface area contributed by atoms with Crippen LogP contribution < -0.4 is 0 Å². The first-order chi connectivity index (χ1) is 15.0. The maximum Gasteiger partial charge on any atom is 0.200 e. The first-order valence-corrected chi connectivity index (χ1v) is 14.5. The molecule has 4 atom stereocenters. The average molecular weight is 461 g/mol. The molecule has 0 amide bonds. The van der Waals surface area contributed by atoms with Crippen molar-refractivity contribution < 1.29 is 18.6 Å². The van der Waals surface area contributed by atoms with Gasteiger partial charge in [-0.15, -0.1) is 0 Å². The van der Waals surface area contributed by atoms with Crippen molar-refractivity contribution in [1.82, 2.24) is 0 Å². The second-order valence-electron chi connectivity index (χ2n) is 11.0. The number of hydrogen-bond donors (Lipinski definition) is 0. The molecule has 1 aliphatic heterocycles. The van der Waals surface area contributed by atoms with Gasteiger partial charge in [-0.3, -0.25) is 0 Å². The molecule has 3 rings (SSSR count). The van der Waals surface area contributed by atoms with Gasteiger partial charge in [-0.2, -0.15) is 0 Å². The molecule has 2 aliphatic rings. The van der Waals surface area contributed by atoms with Crippen LogP contribution in [0.4, 0.5) is 0 Å². The summed E-state index contributed by atoms with van der Waals surface area (Å²) in [4.78, 5) is 0. The molecule has 0 radical (unpaired) electrons. The number of benzene rings is 1. The highest BCUT2D eigenvalue weighted by Gasteiger charge is 2.52. The standard InChI is InChI=1S/C27H44O4Si/c1-18(2)32(19(3)4,20(5)6)29-17-23-15-24-26(31-27(8,9)30-24)25(21(23)7)28-16-22-13-11-10-12-14-22/h10-14,18-20,23-26H,7,15-17H2,1-6,8-9H3/t23-,24+,25+,26+/m1/s1. The zero-order valence-electron chi connectivity index (χ0n) is 21.4. The van der Waals surface area contributed by atoms with E-state index in [1.54, 1.807) is 0 Å². The second-order valence-corrected chi connectivity index (χ2v) is 16.5. The highest BCUT2D eigenvalue weighted by atomic mass is 28.4. The summed E-state index contributed by atoms with van der Waals surface area (Å²) in [5.74, 6) is -0.399. The van der Waals surface area contributed by atoms with Gasteiger partial charge >= 0.3 is 0 Å². The van der Waals surface area contributed by atoms with E-state index in [0.717, 1.165) is 17.6 Å². The van der Waals surface area contributed by atoms with Crippen LogP contribution in [-0.2, 0) is 25.2 Å². The van der Waals surface area contributed by atoms with Crippen LogP contribution in [0.25, 0.3) is 0 Å². The van der Waals surface area contributed by atoms with Crippen molar-refractivity contribution in [2.24, 2.45) is 5.92 Å². The van der Waals surface area contributed by atoms with Crippen LogP contribution in [0, 0.1) is 5.92 Å². The molecule has 1 aromatic rings. The van der Waals surface area contributed by atoms with Gasteiger partial charge < -0.3 is 18.6 Å². The second kappa shape index (κ2) is 10.1. The van der Waals surface area contributed by atoms with E-state index in [4.69, 9.17) is 18.6 Å².